The molecular formula is C15H22N6O. The van der Waals surface area contributed by atoms with Gasteiger partial charge in [-0.05, 0) is 32.8 Å². The Morgan fingerprint density at radius 3 is 3.00 bits per heavy atom. The van der Waals surface area contributed by atoms with Crippen LogP contribution in [0.3, 0.4) is 0 Å². The molecule has 2 aromatic rings. The first-order valence-electron chi connectivity index (χ1n) is 7.79. The number of carbonyl (C=O) groups is 1. The smallest absolute Gasteiger partial charge is 0.228 e. The molecule has 1 aliphatic heterocycles. The summed E-state index contributed by atoms with van der Waals surface area (Å²) in [6.45, 7) is 5.67. The minimum absolute atomic E-state index is 0.138. The molecule has 3 rings (SSSR count). The highest BCUT2D eigenvalue weighted by Crippen LogP contribution is 2.20. The molecule has 0 aromatic carbocycles. The Bertz CT molecular complexity index is 618. The maximum atomic E-state index is 12.5. The van der Waals surface area contributed by atoms with E-state index in [-0.39, 0.29) is 11.9 Å². The molecule has 7 nitrogen and oxygen atoms in total. The molecule has 0 N–H and O–H groups in total. The average Bonchev–Trinajstić information content (AvgIpc) is 3.19. The van der Waals surface area contributed by atoms with E-state index in [9.17, 15) is 4.79 Å². The highest BCUT2D eigenvalue weighted by atomic mass is 16.2. The first-order chi connectivity index (χ1) is 10.6. The average molecular weight is 302 g/mol. The molecule has 1 aliphatic rings. The maximum Gasteiger partial charge on any atom is 0.228 e. The number of nitrogens with zero attached hydrogens (tertiary/aromatic N) is 6. The monoisotopic (exact) mass is 302 g/mol. The number of hydrogen-bond donors (Lipinski definition) is 0. The topological polar surface area (TPSA) is 68.8 Å². The zero-order valence-electron chi connectivity index (χ0n) is 13.1. The van der Waals surface area contributed by atoms with Crippen LogP contribution in [0.4, 0.5) is 0 Å². The third-order valence-electron chi connectivity index (χ3n) is 4.08. The zero-order valence-corrected chi connectivity index (χ0v) is 13.1. The van der Waals surface area contributed by atoms with Crippen LogP contribution < -0.4 is 0 Å². The summed E-state index contributed by atoms with van der Waals surface area (Å²) in [5.74, 6) is 0.138. The molecule has 22 heavy (non-hydrogen) atoms. The second-order valence-corrected chi connectivity index (χ2v) is 6.07. The van der Waals surface area contributed by atoms with Crippen LogP contribution in [0.1, 0.15) is 44.5 Å². The Kier molecular flexibility index (Phi) is 4.22. The predicted molar refractivity (Wildman–Crippen MR) is 81.2 cm³/mol. The molecule has 1 amide bonds. The normalized spacial score (nSPS) is 18.9. The molecule has 1 saturated heterocycles. The van der Waals surface area contributed by atoms with E-state index >= 15 is 0 Å². The first-order valence-corrected chi connectivity index (χ1v) is 7.79. The fraction of sp³-hybridized carbons (Fsp3) is 0.600. The van der Waals surface area contributed by atoms with Gasteiger partial charge in [0.1, 0.15) is 12.7 Å². The fourth-order valence-corrected chi connectivity index (χ4v) is 2.83. The van der Waals surface area contributed by atoms with Gasteiger partial charge in [0, 0.05) is 25.3 Å². The van der Waals surface area contributed by atoms with Crippen LogP contribution in [-0.4, -0.2) is 48.4 Å². The summed E-state index contributed by atoms with van der Waals surface area (Å²) in [6.07, 6.45) is 7.60. The summed E-state index contributed by atoms with van der Waals surface area (Å²) in [5, 5.41) is 8.65. The van der Waals surface area contributed by atoms with Crippen LogP contribution in [0.2, 0.25) is 0 Å². The number of hydrogen-bond acceptors (Lipinski definition) is 4. The molecule has 1 fully saturated rings. The second kappa shape index (κ2) is 6.29. The lowest BCUT2D eigenvalue weighted by Gasteiger charge is -2.32. The molecule has 7 heteroatoms. The van der Waals surface area contributed by atoms with Crippen molar-refractivity contribution in [3.05, 3.63) is 30.6 Å². The van der Waals surface area contributed by atoms with E-state index in [1.54, 1.807) is 12.7 Å². The van der Waals surface area contributed by atoms with Crippen molar-refractivity contribution in [1.29, 1.82) is 0 Å². The number of rotatable bonds is 4. The van der Waals surface area contributed by atoms with Crippen molar-refractivity contribution < 1.29 is 4.79 Å². The van der Waals surface area contributed by atoms with E-state index in [1.807, 2.05) is 26.5 Å². The Balaban J connectivity index is 1.61. The first kappa shape index (κ1) is 14.7. The molecule has 1 unspecified atom stereocenters. The van der Waals surface area contributed by atoms with Crippen molar-refractivity contribution in [3.8, 4) is 0 Å². The fourth-order valence-electron chi connectivity index (χ4n) is 2.83. The number of piperidine rings is 1. The highest BCUT2D eigenvalue weighted by molar-refractivity contribution is 5.78. The molecule has 3 heterocycles. The van der Waals surface area contributed by atoms with Gasteiger partial charge < -0.3 is 4.90 Å². The molecule has 0 spiro atoms. The van der Waals surface area contributed by atoms with E-state index in [1.165, 1.54) is 0 Å². The summed E-state index contributed by atoms with van der Waals surface area (Å²) in [7, 11) is 0. The SMILES string of the molecule is CC(C)n1ccc(CC(=O)N2CCCC(n3cncn3)C2)n1. The lowest BCUT2D eigenvalue weighted by atomic mass is 10.1. The number of likely N-dealkylation sites (tertiary alicyclic amines) is 1. The molecule has 0 saturated carbocycles. The number of amides is 1. The van der Waals surface area contributed by atoms with Gasteiger partial charge in [0.15, 0.2) is 0 Å². The minimum atomic E-state index is 0.138. The van der Waals surface area contributed by atoms with E-state index < -0.39 is 0 Å². The molecule has 2 aromatic heterocycles. The van der Waals surface area contributed by atoms with Crippen molar-refractivity contribution in [2.24, 2.45) is 0 Å². The van der Waals surface area contributed by atoms with Gasteiger partial charge in [-0.25, -0.2) is 9.67 Å². The summed E-state index contributed by atoms with van der Waals surface area (Å²) < 4.78 is 3.74. The van der Waals surface area contributed by atoms with Crippen molar-refractivity contribution in [2.75, 3.05) is 13.1 Å². The lowest BCUT2D eigenvalue weighted by Crippen LogP contribution is -2.41. The van der Waals surface area contributed by atoms with Gasteiger partial charge in [-0.3, -0.25) is 9.48 Å². The zero-order chi connectivity index (χ0) is 15.5. The molecule has 118 valence electrons. The quantitative estimate of drug-likeness (QED) is 0.857. The Labute approximate surface area is 129 Å². The van der Waals surface area contributed by atoms with Gasteiger partial charge >= 0.3 is 0 Å². The summed E-state index contributed by atoms with van der Waals surface area (Å²) in [6, 6.07) is 2.47. The van der Waals surface area contributed by atoms with Gasteiger partial charge in [-0.2, -0.15) is 10.2 Å². The number of aromatic nitrogens is 5. The van der Waals surface area contributed by atoms with Crippen LogP contribution >= 0.6 is 0 Å². The van der Waals surface area contributed by atoms with Gasteiger partial charge in [0.2, 0.25) is 5.91 Å². The van der Waals surface area contributed by atoms with Crippen LogP contribution in [0.15, 0.2) is 24.9 Å². The van der Waals surface area contributed by atoms with Crippen LogP contribution in [0.25, 0.3) is 0 Å². The Morgan fingerprint density at radius 2 is 2.32 bits per heavy atom. The van der Waals surface area contributed by atoms with Crippen molar-refractivity contribution >= 4 is 5.91 Å². The molecule has 0 aliphatic carbocycles. The van der Waals surface area contributed by atoms with Crippen molar-refractivity contribution in [2.45, 2.75) is 45.2 Å². The molecule has 0 radical (unpaired) electrons. The Morgan fingerprint density at radius 1 is 1.45 bits per heavy atom. The van der Waals surface area contributed by atoms with Crippen molar-refractivity contribution in [1.82, 2.24) is 29.4 Å². The predicted octanol–water partition coefficient (Wildman–Crippen LogP) is 1.46. The third-order valence-corrected chi connectivity index (χ3v) is 4.08. The summed E-state index contributed by atoms with van der Waals surface area (Å²) in [5.41, 5.74) is 0.835. The van der Waals surface area contributed by atoms with E-state index in [0.717, 1.165) is 25.1 Å². The third kappa shape index (κ3) is 3.18. The summed E-state index contributed by atoms with van der Waals surface area (Å²) >= 11 is 0. The molecular weight excluding hydrogens is 280 g/mol. The van der Waals surface area contributed by atoms with E-state index in [0.29, 0.717) is 19.0 Å². The van der Waals surface area contributed by atoms with E-state index in [4.69, 9.17) is 0 Å². The van der Waals surface area contributed by atoms with Gasteiger partial charge in [0.05, 0.1) is 18.2 Å². The largest absolute Gasteiger partial charge is 0.340 e. The number of carbonyl (C=O) groups excluding carboxylic acids is 1. The van der Waals surface area contributed by atoms with Crippen LogP contribution in [0.5, 0.6) is 0 Å². The second-order valence-electron chi connectivity index (χ2n) is 6.07. The molecule has 0 bridgehead atoms. The highest BCUT2D eigenvalue weighted by Gasteiger charge is 2.25. The van der Waals surface area contributed by atoms with Crippen LogP contribution in [-0.2, 0) is 11.2 Å². The standard InChI is InChI=1S/C15H22N6O/c1-12(2)20-7-5-13(18-20)8-15(22)19-6-3-4-14(9-19)21-11-16-10-17-21/h5,7,10-12,14H,3-4,6,8-9H2,1-2H3. The molecule has 1 atom stereocenters. The summed E-state index contributed by atoms with van der Waals surface area (Å²) in [4.78, 5) is 18.4. The maximum absolute atomic E-state index is 12.5. The van der Waals surface area contributed by atoms with Gasteiger partial charge in [-0.15, -0.1) is 0 Å². The van der Waals surface area contributed by atoms with E-state index in [2.05, 4.69) is 29.0 Å². The Hall–Kier alpha value is -2.18. The van der Waals surface area contributed by atoms with Crippen LogP contribution in [0, 0.1) is 0 Å². The van der Waals surface area contributed by atoms with Gasteiger partial charge in [-0.1, -0.05) is 0 Å². The minimum Gasteiger partial charge on any atom is -0.340 e. The van der Waals surface area contributed by atoms with Gasteiger partial charge in [0.25, 0.3) is 0 Å². The lowest BCUT2D eigenvalue weighted by molar-refractivity contribution is -0.132. The van der Waals surface area contributed by atoms with Crippen molar-refractivity contribution in [3.63, 3.8) is 0 Å².